The van der Waals surface area contributed by atoms with Crippen molar-refractivity contribution in [2.24, 2.45) is 5.92 Å². The molecule has 0 aliphatic heterocycles. The summed E-state index contributed by atoms with van der Waals surface area (Å²) in [5, 5.41) is 12.3. The van der Waals surface area contributed by atoms with Crippen molar-refractivity contribution in [1.29, 1.82) is 0 Å². The molecule has 11 heavy (non-hydrogen) atoms. The van der Waals surface area contributed by atoms with Crippen LogP contribution in [0.5, 0.6) is 0 Å². The Balaban J connectivity index is 3.58. The number of hydrogen-bond acceptors (Lipinski definition) is 2. The fourth-order valence-corrected chi connectivity index (χ4v) is 0.889. The Hall–Kier alpha value is -0.0800. The van der Waals surface area contributed by atoms with E-state index in [9.17, 15) is 0 Å². The summed E-state index contributed by atoms with van der Waals surface area (Å²) in [4.78, 5) is 0. The van der Waals surface area contributed by atoms with Crippen LogP contribution < -0.4 is 5.32 Å². The fourth-order valence-electron chi connectivity index (χ4n) is 0.889. The van der Waals surface area contributed by atoms with E-state index in [-0.39, 0.29) is 6.61 Å². The van der Waals surface area contributed by atoms with Crippen LogP contribution in [0.3, 0.4) is 0 Å². The van der Waals surface area contributed by atoms with E-state index in [0.29, 0.717) is 18.0 Å². The van der Waals surface area contributed by atoms with Crippen LogP contribution in [-0.2, 0) is 0 Å². The number of rotatable bonds is 5. The lowest BCUT2D eigenvalue weighted by Crippen LogP contribution is -2.39. The van der Waals surface area contributed by atoms with Gasteiger partial charge in [0.25, 0.3) is 0 Å². The van der Waals surface area contributed by atoms with E-state index in [1.807, 2.05) is 0 Å². The molecule has 0 saturated heterocycles. The van der Waals surface area contributed by atoms with Crippen LogP contribution in [0.2, 0.25) is 0 Å². The SMILES string of the molecule is CCC(C)NC(C)C(C)CO. The number of nitrogens with one attached hydrogen (secondary N) is 1. The summed E-state index contributed by atoms with van der Waals surface area (Å²) in [5.41, 5.74) is 0. The van der Waals surface area contributed by atoms with E-state index in [1.165, 1.54) is 0 Å². The smallest absolute Gasteiger partial charge is 0.0471 e. The van der Waals surface area contributed by atoms with Gasteiger partial charge in [-0.2, -0.15) is 0 Å². The molecule has 0 bridgehead atoms. The van der Waals surface area contributed by atoms with Crippen LogP contribution in [-0.4, -0.2) is 23.8 Å². The van der Waals surface area contributed by atoms with Crippen molar-refractivity contribution >= 4 is 0 Å². The number of aliphatic hydroxyl groups excluding tert-OH is 1. The molecule has 0 saturated carbocycles. The maximum atomic E-state index is 8.85. The summed E-state index contributed by atoms with van der Waals surface area (Å²) in [5.74, 6) is 0.351. The molecule has 3 atom stereocenters. The molecule has 0 fully saturated rings. The first kappa shape index (κ1) is 10.9. The van der Waals surface area contributed by atoms with Gasteiger partial charge in [-0.1, -0.05) is 13.8 Å². The largest absolute Gasteiger partial charge is 0.396 e. The minimum absolute atomic E-state index is 0.268. The van der Waals surface area contributed by atoms with E-state index in [2.05, 4.69) is 33.0 Å². The second-order valence-electron chi connectivity index (χ2n) is 3.42. The molecule has 3 unspecified atom stereocenters. The zero-order chi connectivity index (χ0) is 8.85. The second-order valence-corrected chi connectivity index (χ2v) is 3.42. The topological polar surface area (TPSA) is 32.3 Å². The molecular formula is C9H21NO. The molecule has 68 valence electrons. The Bertz CT molecular complexity index is 95.6. The molecule has 0 radical (unpaired) electrons. The van der Waals surface area contributed by atoms with E-state index in [1.54, 1.807) is 0 Å². The van der Waals surface area contributed by atoms with Crippen molar-refractivity contribution in [2.75, 3.05) is 6.61 Å². The average Bonchev–Trinajstić information content (AvgIpc) is 2.02. The zero-order valence-electron chi connectivity index (χ0n) is 8.09. The lowest BCUT2D eigenvalue weighted by atomic mass is 10.0. The normalized spacial score (nSPS) is 19.4. The molecule has 2 nitrogen and oxygen atoms in total. The zero-order valence-corrected chi connectivity index (χ0v) is 8.09. The molecule has 0 aliphatic carbocycles. The lowest BCUT2D eigenvalue weighted by molar-refractivity contribution is 0.201. The van der Waals surface area contributed by atoms with Gasteiger partial charge in [0.2, 0.25) is 0 Å². The van der Waals surface area contributed by atoms with Crippen LogP contribution in [0.1, 0.15) is 34.1 Å². The Morgan fingerprint density at radius 1 is 1.27 bits per heavy atom. The van der Waals surface area contributed by atoms with E-state index < -0.39 is 0 Å². The molecule has 0 aromatic rings. The maximum absolute atomic E-state index is 8.85. The van der Waals surface area contributed by atoms with Crippen molar-refractivity contribution in [2.45, 2.75) is 46.2 Å². The highest BCUT2D eigenvalue weighted by Crippen LogP contribution is 2.02. The molecule has 0 spiro atoms. The standard InChI is InChI=1S/C9H21NO/c1-5-8(3)10-9(4)7(2)6-11/h7-11H,5-6H2,1-4H3. The van der Waals surface area contributed by atoms with Crippen LogP contribution in [0, 0.1) is 5.92 Å². The van der Waals surface area contributed by atoms with E-state index >= 15 is 0 Å². The van der Waals surface area contributed by atoms with Gasteiger partial charge in [0, 0.05) is 18.7 Å². The highest BCUT2D eigenvalue weighted by molar-refractivity contribution is 4.70. The molecule has 2 heteroatoms. The van der Waals surface area contributed by atoms with Crippen molar-refractivity contribution in [3.63, 3.8) is 0 Å². The van der Waals surface area contributed by atoms with Crippen LogP contribution in [0.25, 0.3) is 0 Å². The summed E-state index contributed by atoms with van der Waals surface area (Å²) >= 11 is 0. The van der Waals surface area contributed by atoms with Gasteiger partial charge in [-0.15, -0.1) is 0 Å². The van der Waals surface area contributed by atoms with E-state index in [0.717, 1.165) is 6.42 Å². The molecule has 2 N–H and O–H groups in total. The average molecular weight is 159 g/mol. The monoisotopic (exact) mass is 159 g/mol. The summed E-state index contributed by atoms with van der Waals surface area (Å²) in [6, 6.07) is 0.967. The molecular weight excluding hydrogens is 138 g/mol. The fraction of sp³-hybridized carbons (Fsp3) is 1.00. The van der Waals surface area contributed by atoms with Gasteiger partial charge in [0.05, 0.1) is 0 Å². The minimum Gasteiger partial charge on any atom is -0.396 e. The predicted octanol–water partition coefficient (Wildman–Crippen LogP) is 1.39. The third-order valence-electron chi connectivity index (χ3n) is 2.30. The van der Waals surface area contributed by atoms with Gasteiger partial charge >= 0.3 is 0 Å². The van der Waals surface area contributed by atoms with Crippen molar-refractivity contribution < 1.29 is 5.11 Å². The highest BCUT2D eigenvalue weighted by atomic mass is 16.3. The molecule has 0 heterocycles. The summed E-state index contributed by atoms with van der Waals surface area (Å²) in [6.07, 6.45) is 1.14. The van der Waals surface area contributed by atoms with Gasteiger partial charge in [0.1, 0.15) is 0 Å². The third kappa shape index (κ3) is 4.38. The van der Waals surface area contributed by atoms with Gasteiger partial charge in [0.15, 0.2) is 0 Å². The summed E-state index contributed by atoms with van der Waals surface area (Å²) in [6.45, 7) is 8.77. The summed E-state index contributed by atoms with van der Waals surface area (Å²) in [7, 11) is 0. The Kier molecular flexibility index (Phi) is 5.51. The Morgan fingerprint density at radius 3 is 2.18 bits per heavy atom. The molecule has 0 amide bonds. The van der Waals surface area contributed by atoms with Crippen LogP contribution in [0.4, 0.5) is 0 Å². The second kappa shape index (κ2) is 5.56. The van der Waals surface area contributed by atoms with Crippen LogP contribution >= 0.6 is 0 Å². The van der Waals surface area contributed by atoms with Crippen molar-refractivity contribution in [3.05, 3.63) is 0 Å². The first-order valence-corrected chi connectivity index (χ1v) is 4.48. The minimum atomic E-state index is 0.268. The first-order chi connectivity index (χ1) is 5.11. The molecule has 0 aromatic carbocycles. The third-order valence-corrected chi connectivity index (χ3v) is 2.30. The maximum Gasteiger partial charge on any atom is 0.0471 e. The highest BCUT2D eigenvalue weighted by Gasteiger charge is 2.11. The first-order valence-electron chi connectivity index (χ1n) is 4.48. The predicted molar refractivity (Wildman–Crippen MR) is 48.6 cm³/mol. The Labute approximate surface area is 70.0 Å². The van der Waals surface area contributed by atoms with Gasteiger partial charge in [-0.25, -0.2) is 0 Å². The van der Waals surface area contributed by atoms with Crippen LogP contribution in [0.15, 0.2) is 0 Å². The van der Waals surface area contributed by atoms with Gasteiger partial charge < -0.3 is 10.4 Å². The van der Waals surface area contributed by atoms with Gasteiger partial charge in [-0.05, 0) is 26.2 Å². The molecule has 0 rings (SSSR count). The molecule has 0 aromatic heterocycles. The lowest BCUT2D eigenvalue weighted by Gasteiger charge is -2.23. The summed E-state index contributed by atoms with van der Waals surface area (Å²) < 4.78 is 0. The van der Waals surface area contributed by atoms with E-state index in [4.69, 9.17) is 5.11 Å². The number of aliphatic hydroxyl groups is 1. The quantitative estimate of drug-likeness (QED) is 0.635. The number of hydrogen-bond donors (Lipinski definition) is 2. The van der Waals surface area contributed by atoms with Crippen molar-refractivity contribution in [3.8, 4) is 0 Å². The Morgan fingerprint density at radius 2 is 1.82 bits per heavy atom. The van der Waals surface area contributed by atoms with Gasteiger partial charge in [-0.3, -0.25) is 0 Å². The molecule has 0 aliphatic rings. The van der Waals surface area contributed by atoms with Crippen molar-refractivity contribution in [1.82, 2.24) is 5.32 Å².